The Morgan fingerprint density at radius 3 is 1.03 bits per heavy atom. The van der Waals surface area contributed by atoms with E-state index in [1.54, 1.807) is 0 Å². The lowest BCUT2D eigenvalue weighted by Crippen LogP contribution is -2.34. The highest BCUT2D eigenvalue weighted by molar-refractivity contribution is 14.1. The fourth-order valence-corrected chi connectivity index (χ4v) is 2.77. The minimum Gasteiger partial charge on any atom is -0.444 e. The monoisotopic (exact) mass is 667 g/mol. The molecule has 0 aromatic rings. The van der Waals surface area contributed by atoms with E-state index in [0.29, 0.717) is 119 Å². The van der Waals surface area contributed by atoms with Gasteiger partial charge in [0.05, 0.1) is 119 Å². The number of hydrogen-bond donors (Lipinski definition) is 1. The Morgan fingerprint density at radius 2 is 0.763 bits per heavy atom. The van der Waals surface area contributed by atoms with Crippen LogP contribution in [0.3, 0.4) is 0 Å². The van der Waals surface area contributed by atoms with Crippen LogP contribution in [0.15, 0.2) is 0 Å². The Bertz CT molecular complexity index is 498. The minimum atomic E-state index is -0.505. The van der Waals surface area contributed by atoms with Gasteiger partial charge in [0.15, 0.2) is 0 Å². The van der Waals surface area contributed by atoms with Crippen molar-refractivity contribution in [3.8, 4) is 0 Å². The van der Waals surface area contributed by atoms with Crippen LogP contribution >= 0.6 is 22.6 Å². The molecule has 0 aliphatic heterocycles. The number of ether oxygens (including phenoxy) is 10. The van der Waals surface area contributed by atoms with Crippen molar-refractivity contribution in [2.24, 2.45) is 0 Å². The molecule has 0 saturated heterocycles. The lowest BCUT2D eigenvalue weighted by molar-refractivity contribution is -0.0247. The molecule has 1 amide bonds. The maximum atomic E-state index is 11.5. The predicted octanol–water partition coefficient (Wildman–Crippen LogP) is 2.10. The molecule has 1 N–H and O–H groups in total. The second-order valence-electron chi connectivity index (χ2n) is 8.63. The number of hydrogen-bond acceptors (Lipinski definition) is 11. The maximum absolute atomic E-state index is 11.5. The van der Waals surface area contributed by atoms with Gasteiger partial charge in [-0.3, -0.25) is 0 Å². The first kappa shape index (κ1) is 37.6. The number of rotatable bonds is 29. The van der Waals surface area contributed by atoms with Gasteiger partial charge in [-0.1, -0.05) is 22.6 Å². The van der Waals surface area contributed by atoms with Crippen LogP contribution in [0.2, 0.25) is 0 Å². The van der Waals surface area contributed by atoms with Crippen LogP contribution in [-0.4, -0.2) is 142 Å². The van der Waals surface area contributed by atoms with Crippen molar-refractivity contribution in [1.29, 1.82) is 0 Å². The third-order valence-corrected chi connectivity index (χ3v) is 4.55. The van der Waals surface area contributed by atoms with Crippen LogP contribution in [0, 0.1) is 0 Å². The smallest absolute Gasteiger partial charge is 0.407 e. The number of amides is 1. The van der Waals surface area contributed by atoms with E-state index in [0.717, 1.165) is 11.0 Å². The summed E-state index contributed by atoms with van der Waals surface area (Å²) in [6, 6.07) is 0. The van der Waals surface area contributed by atoms with Gasteiger partial charge in [-0.05, 0) is 20.8 Å². The summed E-state index contributed by atoms with van der Waals surface area (Å²) in [5.74, 6) is 0. The van der Waals surface area contributed by atoms with Crippen LogP contribution in [0.1, 0.15) is 20.8 Å². The Kier molecular flexibility index (Phi) is 29.3. The summed E-state index contributed by atoms with van der Waals surface area (Å²) in [7, 11) is 0. The van der Waals surface area contributed by atoms with E-state index >= 15 is 0 Å². The molecule has 0 saturated carbocycles. The molecule has 0 heterocycles. The van der Waals surface area contributed by atoms with Crippen molar-refractivity contribution in [3.63, 3.8) is 0 Å². The third-order valence-electron chi connectivity index (χ3n) is 4.11. The molecule has 0 aliphatic carbocycles. The first-order valence-electron chi connectivity index (χ1n) is 13.2. The van der Waals surface area contributed by atoms with Crippen LogP contribution in [-0.2, 0) is 47.4 Å². The summed E-state index contributed by atoms with van der Waals surface area (Å²) in [6.45, 7) is 15.3. The first-order valence-corrected chi connectivity index (χ1v) is 14.7. The summed E-state index contributed by atoms with van der Waals surface area (Å²) < 4.78 is 54.8. The van der Waals surface area contributed by atoms with Crippen molar-refractivity contribution < 1.29 is 52.2 Å². The molecule has 13 heteroatoms. The first-order chi connectivity index (χ1) is 18.5. The van der Waals surface area contributed by atoms with Gasteiger partial charge in [0, 0.05) is 11.0 Å². The number of nitrogens with one attached hydrogen (secondary N) is 1. The van der Waals surface area contributed by atoms with Gasteiger partial charge in [-0.15, -0.1) is 0 Å². The Labute approximate surface area is 242 Å². The van der Waals surface area contributed by atoms with Gasteiger partial charge in [0.25, 0.3) is 0 Å². The number of carbonyl (C=O) groups excluding carboxylic acids is 1. The molecule has 0 spiro atoms. The van der Waals surface area contributed by atoms with Crippen molar-refractivity contribution in [2.75, 3.05) is 130 Å². The van der Waals surface area contributed by atoms with E-state index < -0.39 is 11.7 Å². The molecule has 38 heavy (non-hydrogen) atoms. The molecule has 228 valence electrons. The summed E-state index contributed by atoms with van der Waals surface area (Å²) in [6.07, 6.45) is -0.448. The van der Waals surface area contributed by atoms with Crippen molar-refractivity contribution in [3.05, 3.63) is 0 Å². The van der Waals surface area contributed by atoms with Gasteiger partial charge >= 0.3 is 6.09 Å². The molecule has 0 atom stereocenters. The van der Waals surface area contributed by atoms with Crippen molar-refractivity contribution in [2.45, 2.75) is 26.4 Å². The molecule has 0 unspecified atom stereocenters. The predicted molar refractivity (Wildman–Crippen MR) is 150 cm³/mol. The third kappa shape index (κ3) is 33.7. The van der Waals surface area contributed by atoms with Crippen LogP contribution in [0.5, 0.6) is 0 Å². The topological polar surface area (TPSA) is 121 Å². The lowest BCUT2D eigenvalue weighted by atomic mass is 10.2. The molecule has 0 aromatic heterocycles. The van der Waals surface area contributed by atoms with E-state index in [2.05, 4.69) is 27.9 Å². The van der Waals surface area contributed by atoms with E-state index in [9.17, 15) is 4.79 Å². The summed E-state index contributed by atoms with van der Waals surface area (Å²) in [4.78, 5) is 11.5. The van der Waals surface area contributed by atoms with E-state index in [1.165, 1.54) is 0 Å². The van der Waals surface area contributed by atoms with Crippen LogP contribution in [0.4, 0.5) is 4.79 Å². The second kappa shape index (κ2) is 29.6. The average molecular weight is 668 g/mol. The highest BCUT2D eigenvalue weighted by Gasteiger charge is 2.15. The van der Waals surface area contributed by atoms with E-state index in [4.69, 9.17) is 47.4 Å². The molecule has 0 aromatic carbocycles. The van der Waals surface area contributed by atoms with Gasteiger partial charge in [-0.2, -0.15) is 0 Å². The fraction of sp³-hybridized carbons (Fsp3) is 0.960. The van der Waals surface area contributed by atoms with Crippen molar-refractivity contribution >= 4 is 28.7 Å². The molecule has 0 radical (unpaired) electrons. The minimum absolute atomic E-state index is 0.388. The quantitative estimate of drug-likeness (QED) is 0.0718. The fourth-order valence-electron chi connectivity index (χ4n) is 2.46. The number of alkyl halides is 1. The van der Waals surface area contributed by atoms with Crippen molar-refractivity contribution in [1.82, 2.24) is 5.32 Å². The number of alkyl carbamates (subject to hydrolysis) is 1. The van der Waals surface area contributed by atoms with E-state index in [-0.39, 0.29) is 0 Å². The number of carbonyl (C=O) groups is 1. The summed E-state index contributed by atoms with van der Waals surface area (Å²) in [5, 5.41) is 2.63. The lowest BCUT2D eigenvalue weighted by Gasteiger charge is -2.19. The maximum Gasteiger partial charge on any atom is 0.407 e. The summed E-state index contributed by atoms with van der Waals surface area (Å²) >= 11 is 2.27. The molecular formula is C25H50INO11. The standard InChI is InChI=1S/C25H50INO11/c1-25(2,3)38-24(28)27-5-7-30-9-11-32-13-15-34-17-19-36-21-23-37-22-20-35-18-16-33-14-12-31-10-8-29-6-4-26/h4-23H2,1-3H3,(H,27,28). The zero-order valence-corrected chi connectivity index (χ0v) is 25.7. The Hall–Kier alpha value is -0.360. The zero-order chi connectivity index (χ0) is 28.0. The SMILES string of the molecule is CC(C)(C)OC(=O)NCCOCCOCCOCCOCCOCCOCCOCCOCCOCCI. The van der Waals surface area contributed by atoms with Gasteiger partial charge in [0.2, 0.25) is 0 Å². The largest absolute Gasteiger partial charge is 0.444 e. The van der Waals surface area contributed by atoms with Crippen LogP contribution in [0.25, 0.3) is 0 Å². The Morgan fingerprint density at radius 1 is 0.500 bits per heavy atom. The summed E-state index contributed by atoms with van der Waals surface area (Å²) in [5.41, 5.74) is -0.505. The molecular weight excluding hydrogens is 617 g/mol. The average Bonchev–Trinajstić information content (AvgIpc) is 2.86. The van der Waals surface area contributed by atoms with Gasteiger partial charge < -0.3 is 52.7 Å². The van der Waals surface area contributed by atoms with Gasteiger partial charge in [0.1, 0.15) is 5.60 Å². The second-order valence-corrected chi connectivity index (χ2v) is 9.71. The van der Waals surface area contributed by atoms with Gasteiger partial charge in [-0.25, -0.2) is 4.79 Å². The Balaban J connectivity index is 3.09. The molecule has 0 rings (SSSR count). The molecule has 12 nitrogen and oxygen atoms in total. The molecule has 0 aliphatic rings. The zero-order valence-electron chi connectivity index (χ0n) is 23.5. The van der Waals surface area contributed by atoms with Crippen LogP contribution < -0.4 is 5.32 Å². The molecule has 0 fully saturated rings. The number of halogens is 1. The highest BCUT2D eigenvalue weighted by Crippen LogP contribution is 2.06. The molecule has 0 bridgehead atoms. The highest BCUT2D eigenvalue weighted by atomic mass is 127. The normalized spacial score (nSPS) is 11.7. The van der Waals surface area contributed by atoms with E-state index in [1.807, 2.05) is 20.8 Å².